The molecule has 0 spiro atoms. The first-order chi connectivity index (χ1) is 8.61. The molecule has 0 saturated heterocycles. The molecule has 0 bridgehead atoms. The number of aliphatic hydroxyl groups excluding tert-OH is 1. The van der Waals surface area contributed by atoms with Crippen molar-refractivity contribution in [3.8, 4) is 11.5 Å². The van der Waals surface area contributed by atoms with E-state index in [1.54, 1.807) is 24.3 Å². The van der Waals surface area contributed by atoms with Gasteiger partial charge < -0.3 is 9.84 Å². The van der Waals surface area contributed by atoms with Crippen LogP contribution in [0.2, 0.25) is 5.02 Å². The van der Waals surface area contributed by atoms with E-state index in [0.29, 0.717) is 16.3 Å². The summed E-state index contributed by atoms with van der Waals surface area (Å²) in [6.07, 6.45) is 0. The number of para-hydroxylation sites is 1. The van der Waals surface area contributed by atoms with Crippen molar-refractivity contribution in [1.29, 1.82) is 0 Å². The summed E-state index contributed by atoms with van der Waals surface area (Å²) in [5.74, 6) is -0.00593. The number of rotatable bonds is 3. The Morgan fingerprint density at radius 3 is 2.78 bits per heavy atom. The van der Waals surface area contributed by atoms with E-state index in [4.69, 9.17) is 16.3 Å². The second kappa shape index (κ2) is 5.38. The highest BCUT2D eigenvalue weighted by atomic mass is 35.5. The SMILES string of the molecule is Cc1ccc(Cl)cc1Oc1c(F)cccc1CO. The summed E-state index contributed by atoms with van der Waals surface area (Å²) in [5.41, 5.74) is 1.24. The highest BCUT2D eigenvalue weighted by Gasteiger charge is 2.11. The zero-order valence-corrected chi connectivity index (χ0v) is 10.5. The Morgan fingerprint density at radius 2 is 2.06 bits per heavy atom. The van der Waals surface area contributed by atoms with Crippen molar-refractivity contribution in [3.05, 3.63) is 58.4 Å². The van der Waals surface area contributed by atoms with Crippen molar-refractivity contribution < 1.29 is 14.2 Å². The maximum Gasteiger partial charge on any atom is 0.168 e. The van der Waals surface area contributed by atoms with E-state index in [2.05, 4.69) is 0 Å². The van der Waals surface area contributed by atoms with Crippen molar-refractivity contribution in [3.63, 3.8) is 0 Å². The van der Waals surface area contributed by atoms with Gasteiger partial charge >= 0.3 is 0 Å². The molecule has 0 amide bonds. The largest absolute Gasteiger partial charge is 0.454 e. The van der Waals surface area contributed by atoms with E-state index in [9.17, 15) is 9.50 Å². The standard InChI is InChI=1S/C14H12ClFO2/c1-9-5-6-11(15)7-13(9)18-14-10(8-17)3-2-4-12(14)16/h2-7,17H,8H2,1H3. The zero-order chi connectivity index (χ0) is 13.1. The lowest BCUT2D eigenvalue weighted by Crippen LogP contribution is -1.96. The van der Waals surface area contributed by atoms with Gasteiger partial charge in [0, 0.05) is 10.6 Å². The van der Waals surface area contributed by atoms with E-state index in [-0.39, 0.29) is 12.4 Å². The number of hydrogen-bond acceptors (Lipinski definition) is 2. The van der Waals surface area contributed by atoms with Gasteiger partial charge in [-0.25, -0.2) is 4.39 Å². The first kappa shape index (κ1) is 12.9. The van der Waals surface area contributed by atoms with Gasteiger partial charge in [-0.05, 0) is 30.7 Å². The van der Waals surface area contributed by atoms with Crippen LogP contribution >= 0.6 is 11.6 Å². The monoisotopic (exact) mass is 266 g/mol. The molecule has 2 aromatic rings. The Morgan fingerprint density at radius 1 is 1.28 bits per heavy atom. The van der Waals surface area contributed by atoms with Crippen LogP contribution in [0.5, 0.6) is 11.5 Å². The summed E-state index contributed by atoms with van der Waals surface area (Å²) in [7, 11) is 0. The minimum atomic E-state index is -0.513. The highest BCUT2D eigenvalue weighted by molar-refractivity contribution is 6.30. The second-order valence-corrected chi connectivity index (χ2v) is 4.33. The lowest BCUT2D eigenvalue weighted by atomic mass is 10.2. The third-order valence-electron chi connectivity index (χ3n) is 2.58. The number of aryl methyl sites for hydroxylation is 1. The average Bonchev–Trinajstić information content (AvgIpc) is 2.36. The van der Waals surface area contributed by atoms with E-state index in [1.807, 2.05) is 6.92 Å². The molecule has 0 fully saturated rings. The molecule has 0 aliphatic carbocycles. The van der Waals surface area contributed by atoms with Gasteiger partial charge in [0.25, 0.3) is 0 Å². The van der Waals surface area contributed by atoms with Crippen LogP contribution < -0.4 is 4.74 Å². The van der Waals surface area contributed by atoms with E-state index < -0.39 is 5.82 Å². The Hall–Kier alpha value is -1.58. The minimum absolute atomic E-state index is 0.0327. The fraction of sp³-hybridized carbons (Fsp3) is 0.143. The van der Waals surface area contributed by atoms with Crippen molar-refractivity contribution >= 4 is 11.6 Å². The predicted molar refractivity (Wildman–Crippen MR) is 68.6 cm³/mol. The Labute approximate surface area is 110 Å². The Kier molecular flexibility index (Phi) is 3.84. The molecule has 2 nitrogen and oxygen atoms in total. The fourth-order valence-corrected chi connectivity index (χ4v) is 1.75. The third-order valence-corrected chi connectivity index (χ3v) is 2.82. The third kappa shape index (κ3) is 2.63. The van der Waals surface area contributed by atoms with Crippen LogP contribution in [-0.2, 0) is 6.61 Å². The number of hydrogen-bond donors (Lipinski definition) is 1. The molecule has 18 heavy (non-hydrogen) atoms. The van der Waals surface area contributed by atoms with E-state index >= 15 is 0 Å². The van der Waals surface area contributed by atoms with Crippen LogP contribution in [0.1, 0.15) is 11.1 Å². The Bertz CT molecular complexity index is 570. The minimum Gasteiger partial charge on any atom is -0.454 e. The first-order valence-electron chi connectivity index (χ1n) is 5.44. The van der Waals surface area contributed by atoms with Gasteiger partial charge in [0.05, 0.1) is 6.61 Å². The molecule has 2 aromatic carbocycles. The molecule has 94 valence electrons. The van der Waals surface area contributed by atoms with Crippen LogP contribution in [0.25, 0.3) is 0 Å². The van der Waals surface area contributed by atoms with Crippen LogP contribution in [0.4, 0.5) is 4.39 Å². The molecular weight excluding hydrogens is 255 g/mol. The molecular formula is C14H12ClFO2. The molecule has 0 aliphatic rings. The molecule has 0 heterocycles. The number of ether oxygens (including phenoxy) is 1. The maximum atomic E-state index is 13.7. The summed E-state index contributed by atoms with van der Waals surface area (Å²) in [6.45, 7) is 1.55. The highest BCUT2D eigenvalue weighted by Crippen LogP contribution is 2.32. The smallest absolute Gasteiger partial charge is 0.168 e. The zero-order valence-electron chi connectivity index (χ0n) is 9.78. The fourth-order valence-electron chi connectivity index (χ4n) is 1.59. The molecule has 0 radical (unpaired) electrons. The van der Waals surface area contributed by atoms with Crippen LogP contribution in [0.15, 0.2) is 36.4 Å². The molecule has 0 saturated carbocycles. The second-order valence-electron chi connectivity index (χ2n) is 3.90. The number of aliphatic hydroxyl groups is 1. The summed E-state index contributed by atoms with van der Waals surface area (Å²) >= 11 is 5.87. The first-order valence-corrected chi connectivity index (χ1v) is 5.82. The lowest BCUT2D eigenvalue weighted by molar-refractivity contribution is 0.274. The van der Waals surface area contributed by atoms with Crippen molar-refractivity contribution in [1.82, 2.24) is 0 Å². The molecule has 0 atom stereocenters. The molecule has 0 unspecified atom stereocenters. The summed E-state index contributed by atoms with van der Waals surface area (Å²) in [6, 6.07) is 9.56. The summed E-state index contributed by atoms with van der Waals surface area (Å²) < 4.78 is 19.2. The van der Waals surface area contributed by atoms with E-state index in [0.717, 1.165) is 5.56 Å². The normalized spacial score (nSPS) is 10.4. The van der Waals surface area contributed by atoms with Gasteiger partial charge in [-0.3, -0.25) is 0 Å². The van der Waals surface area contributed by atoms with Gasteiger partial charge in [-0.15, -0.1) is 0 Å². The van der Waals surface area contributed by atoms with Gasteiger partial charge in [-0.2, -0.15) is 0 Å². The van der Waals surface area contributed by atoms with Crippen LogP contribution in [0.3, 0.4) is 0 Å². The van der Waals surface area contributed by atoms with Crippen molar-refractivity contribution in [2.24, 2.45) is 0 Å². The average molecular weight is 267 g/mol. The number of halogens is 2. The van der Waals surface area contributed by atoms with Gasteiger partial charge in [0.1, 0.15) is 5.75 Å². The molecule has 1 N–H and O–H groups in total. The quantitative estimate of drug-likeness (QED) is 0.907. The topological polar surface area (TPSA) is 29.5 Å². The lowest BCUT2D eigenvalue weighted by Gasteiger charge is -2.12. The van der Waals surface area contributed by atoms with Gasteiger partial charge in [0.2, 0.25) is 0 Å². The van der Waals surface area contributed by atoms with Crippen LogP contribution in [-0.4, -0.2) is 5.11 Å². The van der Waals surface area contributed by atoms with Crippen molar-refractivity contribution in [2.45, 2.75) is 13.5 Å². The molecule has 0 aromatic heterocycles. The summed E-state index contributed by atoms with van der Waals surface area (Å²) in [5, 5.41) is 9.68. The molecule has 2 rings (SSSR count). The van der Waals surface area contributed by atoms with E-state index in [1.165, 1.54) is 12.1 Å². The summed E-state index contributed by atoms with van der Waals surface area (Å²) in [4.78, 5) is 0. The van der Waals surface area contributed by atoms with Crippen molar-refractivity contribution in [2.75, 3.05) is 0 Å². The molecule has 4 heteroatoms. The van der Waals surface area contributed by atoms with Crippen LogP contribution in [0, 0.1) is 12.7 Å². The maximum absolute atomic E-state index is 13.7. The number of benzene rings is 2. The predicted octanol–water partition coefficient (Wildman–Crippen LogP) is 4.07. The van der Waals surface area contributed by atoms with Gasteiger partial charge in [0.15, 0.2) is 11.6 Å². The van der Waals surface area contributed by atoms with Gasteiger partial charge in [-0.1, -0.05) is 29.8 Å². The molecule has 0 aliphatic heterocycles. The Balaban J connectivity index is 2.42.